The molecule has 6 heteroatoms. The summed E-state index contributed by atoms with van der Waals surface area (Å²) in [5.74, 6) is 1.46. The van der Waals surface area contributed by atoms with Crippen molar-refractivity contribution in [3.63, 3.8) is 0 Å². The number of methoxy groups -OCH3 is 2. The smallest absolute Gasteiger partial charge is 0.238 e. The molecule has 0 aromatic heterocycles. The Kier molecular flexibility index (Phi) is 7.28. The van der Waals surface area contributed by atoms with Crippen LogP contribution in [-0.2, 0) is 11.3 Å². The number of carbonyl (C=O) groups is 1. The normalized spacial score (nSPS) is 10.6. The Hall–Kier alpha value is -2.05. The molecule has 0 bridgehead atoms. The van der Waals surface area contributed by atoms with Gasteiger partial charge in [0.2, 0.25) is 5.91 Å². The van der Waals surface area contributed by atoms with E-state index in [9.17, 15) is 4.79 Å². The molecular weight excluding hydrogens is 384 g/mol. The summed E-state index contributed by atoms with van der Waals surface area (Å²) in [7, 11) is 3.25. The molecule has 1 N–H and O–H groups in total. The van der Waals surface area contributed by atoms with Crippen LogP contribution in [0.1, 0.15) is 12.5 Å². The zero-order valence-electron chi connectivity index (χ0n) is 14.7. The Morgan fingerprint density at radius 2 is 1.96 bits per heavy atom. The number of anilines is 1. The maximum absolute atomic E-state index is 12.4. The molecule has 0 aliphatic rings. The Balaban J connectivity index is 2.01. The molecule has 0 unspecified atom stereocenters. The van der Waals surface area contributed by atoms with Crippen molar-refractivity contribution in [1.29, 1.82) is 0 Å². The molecule has 1 amide bonds. The second-order valence-electron chi connectivity index (χ2n) is 5.54. The molecule has 25 heavy (non-hydrogen) atoms. The fourth-order valence-corrected chi connectivity index (χ4v) is 2.90. The van der Waals surface area contributed by atoms with Gasteiger partial charge in [-0.3, -0.25) is 9.69 Å². The number of likely N-dealkylation sites (N-methyl/N-ethyl adjacent to an activating group) is 1. The van der Waals surface area contributed by atoms with Gasteiger partial charge in [-0.15, -0.1) is 0 Å². The van der Waals surface area contributed by atoms with Gasteiger partial charge >= 0.3 is 0 Å². The number of halogens is 1. The highest BCUT2D eigenvalue weighted by Gasteiger charge is 2.13. The molecule has 2 rings (SSSR count). The van der Waals surface area contributed by atoms with Crippen LogP contribution in [-0.4, -0.2) is 38.1 Å². The third kappa shape index (κ3) is 5.76. The largest absolute Gasteiger partial charge is 0.497 e. The van der Waals surface area contributed by atoms with Crippen LogP contribution >= 0.6 is 15.9 Å². The van der Waals surface area contributed by atoms with E-state index in [-0.39, 0.29) is 5.91 Å². The van der Waals surface area contributed by atoms with E-state index < -0.39 is 0 Å². The number of hydrogen-bond donors (Lipinski definition) is 1. The lowest BCUT2D eigenvalue weighted by atomic mass is 10.2. The van der Waals surface area contributed by atoms with E-state index >= 15 is 0 Å². The lowest BCUT2D eigenvalue weighted by Crippen LogP contribution is -2.32. The van der Waals surface area contributed by atoms with Gasteiger partial charge in [-0.2, -0.15) is 0 Å². The first kappa shape index (κ1) is 19.3. The summed E-state index contributed by atoms with van der Waals surface area (Å²) in [6.45, 7) is 3.71. The molecule has 0 atom stereocenters. The molecule has 0 aliphatic carbocycles. The average Bonchev–Trinajstić information content (AvgIpc) is 2.61. The molecule has 2 aromatic carbocycles. The minimum Gasteiger partial charge on any atom is -0.497 e. The second kappa shape index (κ2) is 9.44. The molecule has 0 heterocycles. The summed E-state index contributed by atoms with van der Waals surface area (Å²) in [5, 5.41) is 2.91. The fourth-order valence-electron chi connectivity index (χ4n) is 2.50. The van der Waals surface area contributed by atoms with Crippen LogP contribution in [0.4, 0.5) is 5.69 Å². The molecule has 2 aromatic rings. The zero-order valence-corrected chi connectivity index (χ0v) is 16.3. The van der Waals surface area contributed by atoms with Crippen molar-refractivity contribution in [2.75, 3.05) is 32.6 Å². The molecule has 0 spiro atoms. The van der Waals surface area contributed by atoms with Crippen LogP contribution in [0.2, 0.25) is 0 Å². The summed E-state index contributed by atoms with van der Waals surface area (Å²) < 4.78 is 11.6. The highest BCUT2D eigenvalue weighted by molar-refractivity contribution is 9.10. The number of nitrogens with zero attached hydrogens (tertiary/aromatic N) is 1. The first-order valence-electron chi connectivity index (χ1n) is 8.04. The highest BCUT2D eigenvalue weighted by Crippen LogP contribution is 2.24. The van der Waals surface area contributed by atoms with Gasteiger partial charge in [0.1, 0.15) is 11.5 Å². The maximum Gasteiger partial charge on any atom is 0.238 e. The van der Waals surface area contributed by atoms with E-state index in [0.717, 1.165) is 28.0 Å². The SMILES string of the molecule is CCN(CC(=O)Nc1cccc(OC)c1)Cc1cc(Br)ccc1OC. The lowest BCUT2D eigenvalue weighted by molar-refractivity contribution is -0.117. The van der Waals surface area contributed by atoms with Crippen molar-refractivity contribution in [3.05, 3.63) is 52.5 Å². The summed E-state index contributed by atoms with van der Waals surface area (Å²) >= 11 is 3.48. The molecule has 0 fully saturated rings. The predicted octanol–water partition coefficient (Wildman–Crippen LogP) is 3.93. The zero-order chi connectivity index (χ0) is 18.2. The van der Waals surface area contributed by atoms with Crippen molar-refractivity contribution < 1.29 is 14.3 Å². The molecule has 0 saturated heterocycles. The quantitative estimate of drug-likeness (QED) is 0.721. The molecule has 134 valence electrons. The standard InChI is InChI=1S/C19H23BrN2O3/c1-4-22(12-14-10-15(20)8-9-18(14)25-3)13-19(23)21-16-6-5-7-17(11-16)24-2/h5-11H,4,12-13H2,1-3H3,(H,21,23). The van der Waals surface area contributed by atoms with E-state index in [1.165, 1.54) is 0 Å². The third-order valence-corrected chi connectivity index (χ3v) is 4.30. The fraction of sp³-hybridized carbons (Fsp3) is 0.316. The first-order chi connectivity index (χ1) is 12.0. The minimum absolute atomic E-state index is 0.0657. The third-order valence-electron chi connectivity index (χ3n) is 3.80. The van der Waals surface area contributed by atoms with Crippen LogP contribution < -0.4 is 14.8 Å². The Morgan fingerprint density at radius 3 is 2.64 bits per heavy atom. The van der Waals surface area contributed by atoms with Gasteiger partial charge in [0, 0.05) is 28.3 Å². The van der Waals surface area contributed by atoms with Crippen LogP contribution in [0.5, 0.6) is 11.5 Å². The molecule has 0 radical (unpaired) electrons. The van der Waals surface area contributed by atoms with E-state index in [2.05, 4.69) is 26.1 Å². The van der Waals surface area contributed by atoms with Gasteiger partial charge in [-0.05, 0) is 36.9 Å². The van der Waals surface area contributed by atoms with E-state index in [4.69, 9.17) is 9.47 Å². The molecule has 5 nitrogen and oxygen atoms in total. The van der Waals surface area contributed by atoms with Crippen molar-refractivity contribution >= 4 is 27.5 Å². The van der Waals surface area contributed by atoms with E-state index in [1.54, 1.807) is 20.3 Å². The number of nitrogens with one attached hydrogen (secondary N) is 1. The summed E-state index contributed by atoms with van der Waals surface area (Å²) in [5.41, 5.74) is 1.76. The monoisotopic (exact) mass is 406 g/mol. The predicted molar refractivity (Wildman–Crippen MR) is 103 cm³/mol. The maximum atomic E-state index is 12.4. The van der Waals surface area contributed by atoms with Gasteiger partial charge in [-0.1, -0.05) is 28.9 Å². The van der Waals surface area contributed by atoms with Gasteiger partial charge in [0.15, 0.2) is 0 Å². The van der Waals surface area contributed by atoms with Crippen molar-refractivity contribution in [2.24, 2.45) is 0 Å². The number of carbonyl (C=O) groups excluding carboxylic acids is 1. The summed E-state index contributed by atoms with van der Waals surface area (Å²) in [6.07, 6.45) is 0. The Labute approximate surface area is 157 Å². The topological polar surface area (TPSA) is 50.8 Å². The summed E-state index contributed by atoms with van der Waals surface area (Å²) in [6, 6.07) is 13.2. The number of rotatable bonds is 8. The minimum atomic E-state index is -0.0657. The lowest BCUT2D eigenvalue weighted by Gasteiger charge is -2.21. The van der Waals surface area contributed by atoms with Gasteiger partial charge in [0.25, 0.3) is 0 Å². The first-order valence-corrected chi connectivity index (χ1v) is 8.83. The van der Waals surface area contributed by atoms with Crippen LogP contribution in [0, 0.1) is 0 Å². The highest BCUT2D eigenvalue weighted by atomic mass is 79.9. The Bertz CT molecular complexity index is 722. The van der Waals surface area contributed by atoms with Crippen LogP contribution in [0.15, 0.2) is 46.9 Å². The number of ether oxygens (including phenoxy) is 2. The number of amides is 1. The second-order valence-corrected chi connectivity index (χ2v) is 6.46. The average molecular weight is 407 g/mol. The number of benzene rings is 2. The van der Waals surface area contributed by atoms with Crippen molar-refractivity contribution in [3.8, 4) is 11.5 Å². The van der Waals surface area contributed by atoms with Crippen LogP contribution in [0.3, 0.4) is 0 Å². The van der Waals surface area contributed by atoms with E-state index in [0.29, 0.717) is 18.8 Å². The van der Waals surface area contributed by atoms with Gasteiger partial charge < -0.3 is 14.8 Å². The van der Waals surface area contributed by atoms with Crippen molar-refractivity contribution in [2.45, 2.75) is 13.5 Å². The molecule has 0 saturated carbocycles. The molecular formula is C19H23BrN2O3. The summed E-state index contributed by atoms with van der Waals surface area (Å²) in [4.78, 5) is 14.4. The van der Waals surface area contributed by atoms with Gasteiger partial charge in [-0.25, -0.2) is 0 Å². The molecule has 0 aliphatic heterocycles. The number of hydrogen-bond acceptors (Lipinski definition) is 4. The van der Waals surface area contributed by atoms with Gasteiger partial charge in [0.05, 0.1) is 20.8 Å². The van der Waals surface area contributed by atoms with Crippen molar-refractivity contribution in [1.82, 2.24) is 4.90 Å². The van der Waals surface area contributed by atoms with Crippen LogP contribution in [0.25, 0.3) is 0 Å². The van der Waals surface area contributed by atoms with E-state index in [1.807, 2.05) is 43.3 Å². The Morgan fingerprint density at radius 1 is 1.16 bits per heavy atom.